The Hall–Kier alpha value is -3.15. The second-order valence-corrected chi connectivity index (χ2v) is 8.58. The molecule has 31 heavy (non-hydrogen) atoms. The Morgan fingerprint density at radius 3 is 2.13 bits per heavy atom. The van der Waals surface area contributed by atoms with Gasteiger partial charge in [0, 0.05) is 12.0 Å². The number of nitrogens with one attached hydrogen (secondary N) is 2. The molecule has 2 aliphatic rings. The summed E-state index contributed by atoms with van der Waals surface area (Å²) in [6, 6.07) is 19.0. The van der Waals surface area contributed by atoms with Crippen LogP contribution in [-0.4, -0.2) is 35.8 Å². The van der Waals surface area contributed by atoms with Gasteiger partial charge in [0.1, 0.15) is 12.1 Å². The van der Waals surface area contributed by atoms with Crippen molar-refractivity contribution in [3.05, 3.63) is 71.8 Å². The van der Waals surface area contributed by atoms with Gasteiger partial charge in [0.15, 0.2) is 0 Å². The van der Waals surface area contributed by atoms with Crippen molar-refractivity contribution < 1.29 is 14.4 Å². The summed E-state index contributed by atoms with van der Waals surface area (Å²) in [7, 11) is 0. The average Bonchev–Trinajstić information content (AvgIpc) is 3.39. The maximum absolute atomic E-state index is 13.2. The molecule has 2 aromatic rings. The van der Waals surface area contributed by atoms with Crippen LogP contribution in [0.4, 0.5) is 4.79 Å². The van der Waals surface area contributed by atoms with Crippen molar-refractivity contribution in [1.82, 2.24) is 15.5 Å². The van der Waals surface area contributed by atoms with E-state index in [4.69, 9.17) is 0 Å². The number of amides is 4. The van der Waals surface area contributed by atoms with E-state index in [9.17, 15) is 14.4 Å². The number of nitrogens with zero attached hydrogens (tertiary/aromatic N) is 1. The molecule has 0 spiro atoms. The zero-order valence-electron chi connectivity index (χ0n) is 17.9. The molecule has 6 nitrogen and oxygen atoms in total. The highest BCUT2D eigenvalue weighted by atomic mass is 16.2. The van der Waals surface area contributed by atoms with Gasteiger partial charge < -0.3 is 10.6 Å². The number of benzene rings is 2. The molecule has 2 fully saturated rings. The van der Waals surface area contributed by atoms with E-state index >= 15 is 0 Å². The summed E-state index contributed by atoms with van der Waals surface area (Å²) in [4.78, 5) is 39.6. The molecule has 4 rings (SSSR count). The molecule has 0 radical (unpaired) electrons. The summed E-state index contributed by atoms with van der Waals surface area (Å²) in [5.74, 6) is -0.689. The molecule has 1 aliphatic heterocycles. The van der Waals surface area contributed by atoms with Crippen LogP contribution < -0.4 is 10.6 Å². The Bertz CT molecular complexity index is 954. The van der Waals surface area contributed by atoms with E-state index in [0.717, 1.165) is 36.1 Å². The maximum atomic E-state index is 13.2. The molecule has 4 amide bonds. The molecule has 1 unspecified atom stereocenters. The van der Waals surface area contributed by atoms with Gasteiger partial charge in [-0.25, -0.2) is 4.79 Å². The molecule has 0 aromatic heterocycles. The highest BCUT2D eigenvalue weighted by Crippen LogP contribution is 2.40. The van der Waals surface area contributed by atoms with Crippen molar-refractivity contribution >= 4 is 17.8 Å². The van der Waals surface area contributed by atoms with Gasteiger partial charge in [-0.15, -0.1) is 0 Å². The smallest absolute Gasteiger partial charge is 0.325 e. The second kappa shape index (κ2) is 8.53. The Balaban J connectivity index is 1.45. The third-order valence-corrected chi connectivity index (χ3v) is 6.85. The predicted molar refractivity (Wildman–Crippen MR) is 118 cm³/mol. The molecular formula is C25H29N3O3. The van der Waals surface area contributed by atoms with Crippen LogP contribution in [0.15, 0.2) is 60.7 Å². The standard InChI is InChI=1S/C25H29N3O3/c1-2-25(20-13-7-4-8-14-20)22(30)28(23(31)27-25)17-21(29)26-18-24(15-9-10-16-24)19-11-5-3-6-12-19/h3-8,11-14H,2,9-10,15-18H2,1H3,(H,26,29)(H,27,31). The summed E-state index contributed by atoms with van der Waals surface area (Å²) in [6.07, 6.45) is 4.72. The molecule has 1 saturated heterocycles. The van der Waals surface area contributed by atoms with Gasteiger partial charge in [0.25, 0.3) is 5.91 Å². The zero-order valence-corrected chi connectivity index (χ0v) is 17.9. The van der Waals surface area contributed by atoms with Gasteiger partial charge >= 0.3 is 6.03 Å². The average molecular weight is 420 g/mol. The summed E-state index contributed by atoms with van der Waals surface area (Å²) >= 11 is 0. The minimum Gasteiger partial charge on any atom is -0.354 e. The van der Waals surface area contributed by atoms with E-state index in [0.29, 0.717) is 13.0 Å². The Morgan fingerprint density at radius 2 is 1.55 bits per heavy atom. The fraction of sp³-hybridized carbons (Fsp3) is 0.400. The van der Waals surface area contributed by atoms with Gasteiger partial charge in [-0.1, -0.05) is 80.4 Å². The molecule has 1 heterocycles. The predicted octanol–water partition coefficient (Wildman–Crippen LogP) is 3.47. The van der Waals surface area contributed by atoms with Gasteiger partial charge in [0.2, 0.25) is 5.91 Å². The maximum Gasteiger partial charge on any atom is 0.325 e. The fourth-order valence-electron chi connectivity index (χ4n) is 5.01. The van der Waals surface area contributed by atoms with E-state index in [-0.39, 0.29) is 23.8 Å². The van der Waals surface area contributed by atoms with Crippen LogP contribution in [0, 0.1) is 0 Å². The van der Waals surface area contributed by atoms with Crippen molar-refractivity contribution in [1.29, 1.82) is 0 Å². The molecule has 1 aliphatic carbocycles. The van der Waals surface area contributed by atoms with Crippen LogP contribution in [0.1, 0.15) is 50.2 Å². The van der Waals surface area contributed by atoms with Gasteiger partial charge in [-0.05, 0) is 30.4 Å². The molecular weight excluding hydrogens is 390 g/mol. The van der Waals surface area contributed by atoms with Crippen molar-refractivity contribution in [3.63, 3.8) is 0 Å². The number of urea groups is 1. The first-order valence-electron chi connectivity index (χ1n) is 11.0. The third kappa shape index (κ3) is 3.82. The van der Waals surface area contributed by atoms with Crippen LogP contribution in [0.25, 0.3) is 0 Å². The molecule has 2 aromatic carbocycles. The number of carbonyl (C=O) groups excluding carboxylic acids is 3. The minimum atomic E-state index is -1.12. The zero-order chi connectivity index (χ0) is 21.9. The van der Waals surface area contributed by atoms with Crippen molar-refractivity contribution in [3.8, 4) is 0 Å². The van der Waals surface area contributed by atoms with E-state index < -0.39 is 11.6 Å². The molecule has 2 N–H and O–H groups in total. The molecule has 6 heteroatoms. The van der Waals surface area contributed by atoms with Crippen LogP contribution in [-0.2, 0) is 20.5 Å². The van der Waals surface area contributed by atoms with E-state index in [2.05, 4.69) is 22.8 Å². The highest BCUT2D eigenvalue weighted by molar-refractivity contribution is 6.09. The first-order chi connectivity index (χ1) is 15.0. The fourth-order valence-corrected chi connectivity index (χ4v) is 5.01. The molecule has 1 saturated carbocycles. The highest BCUT2D eigenvalue weighted by Gasteiger charge is 2.51. The number of carbonyl (C=O) groups is 3. The lowest BCUT2D eigenvalue weighted by atomic mass is 9.79. The number of imide groups is 1. The summed E-state index contributed by atoms with van der Waals surface area (Å²) < 4.78 is 0. The van der Waals surface area contributed by atoms with Crippen molar-refractivity contribution in [2.75, 3.05) is 13.1 Å². The largest absolute Gasteiger partial charge is 0.354 e. The number of hydrogen-bond donors (Lipinski definition) is 2. The van der Waals surface area contributed by atoms with E-state index in [1.807, 2.05) is 55.5 Å². The van der Waals surface area contributed by atoms with E-state index in [1.165, 1.54) is 5.56 Å². The topological polar surface area (TPSA) is 78.5 Å². The van der Waals surface area contributed by atoms with E-state index in [1.54, 1.807) is 0 Å². The summed E-state index contributed by atoms with van der Waals surface area (Å²) in [5.41, 5.74) is 0.769. The van der Waals surface area contributed by atoms with Crippen LogP contribution in [0.2, 0.25) is 0 Å². The molecule has 1 atom stereocenters. The Morgan fingerprint density at radius 1 is 0.968 bits per heavy atom. The van der Waals surface area contributed by atoms with Crippen LogP contribution in [0.5, 0.6) is 0 Å². The first kappa shape index (κ1) is 21.1. The summed E-state index contributed by atoms with van der Waals surface area (Å²) in [5, 5.41) is 5.83. The van der Waals surface area contributed by atoms with Crippen LogP contribution in [0.3, 0.4) is 0 Å². The molecule has 0 bridgehead atoms. The van der Waals surface area contributed by atoms with Crippen molar-refractivity contribution in [2.45, 2.75) is 50.0 Å². The molecule has 162 valence electrons. The third-order valence-electron chi connectivity index (χ3n) is 6.85. The van der Waals surface area contributed by atoms with Crippen molar-refractivity contribution in [2.24, 2.45) is 0 Å². The Kier molecular flexibility index (Phi) is 5.81. The number of hydrogen-bond acceptors (Lipinski definition) is 3. The Labute approximate surface area is 183 Å². The summed E-state index contributed by atoms with van der Waals surface area (Å²) in [6.45, 7) is 2.10. The van der Waals surface area contributed by atoms with Gasteiger partial charge in [0.05, 0.1) is 0 Å². The lowest BCUT2D eigenvalue weighted by molar-refractivity contribution is -0.135. The second-order valence-electron chi connectivity index (χ2n) is 8.58. The first-order valence-corrected chi connectivity index (χ1v) is 11.0. The number of rotatable bonds is 7. The normalized spacial score (nSPS) is 22.4. The van der Waals surface area contributed by atoms with Crippen LogP contribution >= 0.6 is 0 Å². The minimum absolute atomic E-state index is 0.0780. The lowest BCUT2D eigenvalue weighted by Crippen LogP contribution is -2.46. The van der Waals surface area contributed by atoms with Gasteiger partial charge in [-0.3, -0.25) is 14.5 Å². The lowest BCUT2D eigenvalue weighted by Gasteiger charge is -2.30. The van der Waals surface area contributed by atoms with Gasteiger partial charge in [-0.2, -0.15) is 0 Å². The quantitative estimate of drug-likeness (QED) is 0.675. The monoisotopic (exact) mass is 419 g/mol. The SMILES string of the molecule is CCC1(c2ccccc2)NC(=O)N(CC(=O)NCC2(c3ccccc3)CCCC2)C1=O.